The molecule has 0 bridgehead atoms. The van der Waals surface area contributed by atoms with Gasteiger partial charge in [-0.25, -0.2) is 4.79 Å². The zero-order valence-electron chi connectivity index (χ0n) is 15.1. The molecule has 1 aromatic rings. The third-order valence-electron chi connectivity index (χ3n) is 4.12. The van der Waals surface area contributed by atoms with Gasteiger partial charge in [0.25, 0.3) is 0 Å². The molecule has 2 unspecified atom stereocenters. The maximum atomic E-state index is 12.1. The summed E-state index contributed by atoms with van der Waals surface area (Å²) >= 11 is 0. The lowest BCUT2D eigenvalue weighted by Gasteiger charge is -2.25. The van der Waals surface area contributed by atoms with Crippen LogP contribution in [0.2, 0.25) is 0 Å². The van der Waals surface area contributed by atoms with E-state index in [1.165, 1.54) is 0 Å². The van der Waals surface area contributed by atoms with Crippen LogP contribution in [0.25, 0.3) is 0 Å². The molecule has 1 saturated heterocycles. The molecule has 1 fully saturated rings. The van der Waals surface area contributed by atoms with Crippen molar-refractivity contribution >= 4 is 6.09 Å². The van der Waals surface area contributed by atoms with Crippen LogP contribution >= 0.6 is 0 Å². The van der Waals surface area contributed by atoms with Gasteiger partial charge in [0.1, 0.15) is 11.4 Å². The van der Waals surface area contributed by atoms with Gasteiger partial charge in [-0.3, -0.25) is 0 Å². The number of rotatable bonds is 4. The molecule has 1 amide bonds. The zero-order valence-corrected chi connectivity index (χ0v) is 15.1. The first-order valence-electron chi connectivity index (χ1n) is 8.38. The standard InChI is InChI=1S/C17H29N3O3/c1-7-14(15-11(2)19-23-12(15)3)18-13-8-9-20(10-13)16(21)22-17(4,5)6/h13-14,18H,7-10H2,1-6H3. The predicted octanol–water partition coefficient (Wildman–Crippen LogP) is 3.34. The Morgan fingerprint density at radius 1 is 1.48 bits per heavy atom. The number of amides is 1. The zero-order chi connectivity index (χ0) is 17.2. The molecule has 0 radical (unpaired) electrons. The number of nitrogens with one attached hydrogen (secondary N) is 1. The second kappa shape index (κ2) is 6.91. The molecule has 6 heteroatoms. The summed E-state index contributed by atoms with van der Waals surface area (Å²) in [6.07, 6.45) is 1.65. The van der Waals surface area contributed by atoms with Crippen LogP contribution in [0, 0.1) is 13.8 Å². The van der Waals surface area contributed by atoms with Gasteiger partial charge in [-0.15, -0.1) is 0 Å². The van der Waals surface area contributed by atoms with Crippen molar-refractivity contribution in [3.05, 3.63) is 17.0 Å². The first-order chi connectivity index (χ1) is 10.7. The van der Waals surface area contributed by atoms with E-state index in [1.807, 2.05) is 34.6 Å². The fraction of sp³-hybridized carbons (Fsp3) is 0.765. The summed E-state index contributed by atoms with van der Waals surface area (Å²) in [4.78, 5) is 13.9. The Balaban J connectivity index is 1.95. The van der Waals surface area contributed by atoms with Gasteiger partial charge in [0.05, 0.1) is 5.69 Å². The molecular formula is C17H29N3O3. The number of ether oxygens (including phenoxy) is 1. The summed E-state index contributed by atoms with van der Waals surface area (Å²) in [7, 11) is 0. The van der Waals surface area contributed by atoms with E-state index >= 15 is 0 Å². The minimum Gasteiger partial charge on any atom is -0.444 e. The van der Waals surface area contributed by atoms with Crippen molar-refractivity contribution in [3.8, 4) is 0 Å². The number of carbonyl (C=O) groups excluding carboxylic acids is 1. The van der Waals surface area contributed by atoms with Crippen LogP contribution in [0.3, 0.4) is 0 Å². The van der Waals surface area contributed by atoms with E-state index in [9.17, 15) is 4.79 Å². The SMILES string of the molecule is CCC(NC1CCN(C(=O)OC(C)(C)C)C1)c1c(C)noc1C. The Hall–Kier alpha value is -1.56. The molecule has 1 N–H and O–H groups in total. The highest BCUT2D eigenvalue weighted by Crippen LogP contribution is 2.26. The van der Waals surface area contributed by atoms with E-state index in [4.69, 9.17) is 9.26 Å². The fourth-order valence-corrected chi connectivity index (χ4v) is 3.07. The summed E-state index contributed by atoms with van der Waals surface area (Å²) < 4.78 is 10.7. The van der Waals surface area contributed by atoms with E-state index < -0.39 is 5.60 Å². The van der Waals surface area contributed by atoms with Crippen molar-refractivity contribution in [3.63, 3.8) is 0 Å². The third-order valence-corrected chi connectivity index (χ3v) is 4.12. The molecule has 2 heterocycles. The maximum absolute atomic E-state index is 12.1. The van der Waals surface area contributed by atoms with Gasteiger partial charge in [0.2, 0.25) is 0 Å². The highest BCUT2D eigenvalue weighted by atomic mass is 16.6. The van der Waals surface area contributed by atoms with E-state index in [1.54, 1.807) is 4.90 Å². The van der Waals surface area contributed by atoms with Crippen LogP contribution < -0.4 is 5.32 Å². The number of nitrogens with zero attached hydrogens (tertiary/aromatic N) is 2. The van der Waals surface area contributed by atoms with Crippen LogP contribution in [-0.2, 0) is 4.74 Å². The van der Waals surface area contributed by atoms with Gasteiger partial charge in [-0.2, -0.15) is 0 Å². The summed E-state index contributed by atoms with van der Waals surface area (Å²) in [5, 5.41) is 7.69. The smallest absolute Gasteiger partial charge is 0.410 e. The average Bonchev–Trinajstić information content (AvgIpc) is 3.02. The third kappa shape index (κ3) is 4.47. The quantitative estimate of drug-likeness (QED) is 0.920. The largest absolute Gasteiger partial charge is 0.444 e. The van der Waals surface area contributed by atoms with Crippen molar-refractivity contribution in [2.24, 2.45) is 0 Å². The second-order valence-electron chi connectivity index (χ2n) is 7.28. The molecule has 0 aliphatic carbocycles. The van der Waals surface area contributed by atoms with Gasteiger partial charge in [-0.05, 0) is 47.5 Å². The van der Waals surface area contributed by atoms with Crippen LogP contribution in [-0.4, -0.2) is 40.9 Å². The van der Waals surface area contributed by atoms with Crippen LogP contribution in [0.4, 0.5) is 4.79 Å². The Labute approximate surface area is 138 Å². The summed E-state index contributed by atoms with van der Waals surface area (Å²) in [6, 6.07) is 0.464. The van der Waals surface area contributed by atoms with Gasteiger partial charge in [-0.1, -0.05) is 12.1 Å². The monoisotopic (exact) mass is 323 g/mol. The van der Waals surface area contributed by atoms with E-state index in [2.05, 4.69) is 17.4 Å². The number of hydrogen-bond donors (Lipinski definition) is 1. The molecule has 6 nitrogen and oxygen atoms in total. The maximum Gasteiger partial charge on any atom is 0.410 e. The number of aryl methyl sites for hydroxylation is 2. The van der Waals surface area contributed by atoms with E-state index in [0.29, 0.717) is 6.54 Å². The number of likely N-dealkylation sites (tertiary alicyclic amines) is 1. The first kappa shape index (κ1) is 17.8. The number of hydrogen-bond acceptors (Lipinski definition) is 5. The molecule has 0 spiro atoms. The number of carbonyl (C=O) groups is 1. The lowest BCUT2D eigenvalue weighted by Crippen LogP contribution is -2.39. The lowest BCUT2D eigenvalue weighted by atomic mass is 10.0. The van der Waals surface area contributed by atoms with Gasteiger partial charge in [0, 0.05) is 30.7 Å². The average molecular weight is 323 g/mol. The molecule has 23 heavy (non-hydrogen) atoms. The number of aromatic nitrogens is 1. The van der Waals surface area contributed by atoms with Crippen molar-refractivity contribution in [2.45, 2.75) is 72.1 Å². The summed E-state index contributed by atoms with van der Waals surface area (Å²) in [5.41, 5.74) is 1.62. The van der Waals surface area contributed by atoms with Crippen molar-refractivity contribution in [2.75, 3.05) is 13.1 Å². The van der Waals surface area contributed by atoms with Crippen LogP contribution in [0.1, 0.15) is 63.6 Å². The Morgan fingerprint density at radius 3 is 2.70 bits per heavy atom. The molecule has 0 saturated carbocycles. The topological polar surface area (TPSA) is 67.6 Å². The predicted molar refractivity (Wildman–Crippen MR) is 88.4 cm³/mol. The van der Waals surface area contributed by atoms with Gasteiger partial charge >= 0.3 is 6.09 Å². The molecule has 2 rings (SSSR count). The Morgan fingerprint density at radius 2 is 2.17 bits per heavy atom. The fourth-order valence-electron chi connectivity index (χ4n) is 3.07. The van der Waals surface area contributed by atoms with Crippen molar-refractivity contribution in [1.82, 2.24) is 15.4 Å². The molecular weight excluding hydrogens is 294 g/mol. The highest BCUT2D eigenvalue weighted by Gasteiger charge is 2.31. The lowest BCUT2D eigenvalue weighted by molar-refractivity contribution is 0.0290. The summed E-state index contributed by atoms with van der Waals surface area (Å²) in [5.74, 6) is 0.865. The van der Waals surface area contributed by atoms with Crippen LogP contribution in [0.15, 0.2) is 4.52 Å². The normalized spacial score (nSPS) is 19.9. The Kier molecular flexibility index (Phi) is 5.34. The highest BCUT2D eigenvalue weighted by molar-refractivity contribution is 5.68. The van der Waals surface area contributed by atoms with Gasteiger partial charge in [0.15, 0.2) is 0 Å². The minimum atomic E-state index is -0.453. The Bertz CT molecular complexity index is 528. The molecule has 1 aliphatic rings. The van der Waals surface area contributed by atoms with E-state index in [0.717, 1.165) is 36.4 Å². The van der Waals surface area contributed by atoms with Gasteiger partial charge < -0.3 is 19.5 Å². The molecule has 1 aromatic heterocycles. The van der Waals surface area contributed by atoms with Crippen molar-refractivity contribution in [1.29, 1.82) is 0 Å². The summed E-state index contributed by atoms with van der Waals surface area (Å²) in [6.45, 7) is 13.1. The van der Waals surface area contributed by atoms with E-state index in [-0.39, 0.29) is 18.2 Å². The van der Waals surface area contributed by atoms with Crippen molar-refractivity contribution < 1.29 is 14.1 Å². The second-order valence-corrected chi connectivity index (χ2v) is 7.28. The first-order valence-corrected chi connectivity index (χ1v) is 8.38. The molecule has 0 aromatic carbocycles. The molecule has 1 aliphatic heterocycles. The molecule has 130 valence electrons. The molecule has 2 atom stereocenters. The minimum absolute atomic E-state index is 0.199. The van der Waals surface area contributed by atoms with Crippen LogP contribution in [0.5, 0.6) is 0 Å².